The molecule has 0 N–H and O–H groups in total. The Hall–Kier alpha value is -1.54. The second kappa shape index (κ2) is 9.68. The van der Waals surface area contributed by atoms with Crippen LogP contribution >= 0.6 is 23.5 Å². The van der Waals surface area contributed by atoms with Crippen molar-refractivity contribution in [1.82, 2.24) is 9.80 Å². The van der Waals surface area contributed by atoms with Gasteiger partial charge in [-0.15, -0.1) is 0 Å². The lowest BCUT2D eigenvalue weighted by Crippen LogP contribution is -2.55. The van der Waals surface area contributed by atoms with Crippen LogP contribution in [0.4, 0.5) is 0 Å². The molecule has 0 atom stereocenters. The van der Waals surface area contributed by atoms with Gasteiger partial charge in [0.2, 0.25) is 10.2 Å². The number of nitrogens with zero attached hydrogens (tertiary/aromatic N) is 2. The van der Waals surface area contributed by atoms with Crippen molar-refractivity contribution in [2.45, 2.75) is 13.8 Å². The largest absolute Gasteiger partial charge is 0.332 e. The highest BCUT2D eigenvalue weighted by Crippen LogP contribution is 2.13. The van der Waals surface area contributed by atoms with Crippen molar-refractivity contribution in [3.8, 4) is 0 Å². The second-order valence-corrected chi connectivity index (χ2v) is 7.55. The van der Waals surface area contributed by atoms with Gasteiger partial charge in [0.15, 0.2) is 0 Å². The Kier molecular flexibility index (Phi) is 8.27. The maximum atomic E-state index is 12.1. The first-order chi connectivity index (χ1) is 11.2. The normalized spacial score (nSPS) is 14.8. The molecule has 1 heterocycles. The summed E-state index contributed by atoms with van der Waals surface area (Å²) in [6, 6.07) is 0. The predicted octanol–water partition coefficient (Wildman–Crippen LogP) is 1.33. The molecular weight excluding hydrogens is 348 g/mol. The summed E-state index contributed by atoms with van der Waals surface area (Å²) in [6.07, 6.45) is 0. The minimum absolute atomic E-state index is 0.105. The number of carbonyl (C=O) groups is 4. The van der Waals surface area contributed by atoms with Gasteiger partial charge in [-0.1, -0.05) is 36.7 Å². The summed E-state index contributed by atoms with van der Waals surface area (Å²) in [6.45, 7) is 12.0. The van der Waals surface area contributed by atoms with E-state index in [4.69, 9.17) is 0 Å². The number of piperazine rings is 1. The highest BCUT2D eigenvalue weighted by Gasteiger charge is 2.32. The Morgan fingerprint density at radius 3 is 1.50 bits per heavy atom. The van der Waals surface area contributed by atoms with E-state index in [1.807, 2.05) is 0 Å². The molecule has 1 saturated heterocycles. The van der Waals surface area contributed by atoms with Crippen LogP contribution in [0.25, 0.3) is 0 Å². The minimum atomic E-state index is -0.555. The van der Waals surface area contributed by atoms with Crippen LogP contribution in [0.5, 0.6) is 0 Å². The molecule has 0 spiro atoms. The fourth-order valence-electron chi connectivity index (χ4n) is 1.89. The molecule has 0 saturated carbocycles. The monoisotopic (exact) mass is 370 g/mol. The van der Waals surface area contributed by atoms with E-state index >= 15 is 0 Å². The first-order valence-corrected chi connectivity index (χ1v) is 9.44. The Balaban J connectivity index is 2.39. The molecular formula is C16H22N2O4S2. The van der Waals surface area contributed by atoms with Crippen molar-refractivity contribution < 1.29 is 19.2 Å². The van der Waals surface area contributed by atoms with Gasteiger partial charge in [-0.25, -0.2) is 0 Å². The van der Waals surface area contributed by atoms with E-state index < -0.39 is 11.8 Å². The van der Waals surface area contributed by atoms with Crippen molar-refractivity contribution in [2.75, 3.05) is 37.7 Å². The van der Waals surface area contributed by atoms with E-state index in [-0.39, 0.29) is 10.2 Å². The van der Waals surface area contributed by atoms with E-state index in [2.05, 4.69) is 13.2 Å². The number of carbonyl (C=O) groups excluding carboxylic acids is 4. The molecule has 1 aliphatic rings. The molecule has 0 bridgehead atoms. The van der Waals surface area contributed by atoms with E-state index in [0.717, 1.165) is 23.5 Å². The fraction of sp³-hybridized carbons (Fsp3) is 0.500. The smallest absolute Gasteiger partial charge is 0.312 e. The lowest BCUT2D eigenvalue weighted by atomic mass is 10.3. The van der Waals surface area contributed by atoms with Crippen LogP contribution in [0.1, 0.15) is 13.8 Å². The van der Waals surface area contributed by atoms with Crippen molar-refractivity contribution in [3.63, 3.8) is 0 Å². The average molecular weight is 370 g/mol. The van der Waals surface area contributed by atoms with Gasteiger partial charge in [-0.3, -0.25) is 19.2 Å². The van der Waals surface area contributed by atoms with E-state index in [1.54, 1.807) is 13.8 Å². The van der Waals surface area contributed by atoms with Gasteiger partial charge >= 0.3 is 11.8 Å². The van der Waals surface area contributed by atoms with Gasteiger partial charge in [0, 0.05) is 37.7 Å². The molecule has 0 aromatic rings. The Morgan fingerprint density at radius 1 is 0.875 bits per heavy atom. The summed E-state index contributed by atoms with van der Waals surface area (Å²) in [5.41, 5.74) is 0.933. The number of hydrogen-bond donors (Lipinski definition) is 0. The number of thioether (sulfide) groups is 2. The predicted molar refractivity (Wildman–Crippen MR) is 97.7 cm³/mol. The first kappa shape index (κ1) is 20.5. The number of rotatable bonds is 8. The van der Waals surface area contributed by atoms with Crippen molar-refractivity contribution in [3.05, 3.63) is 24.3 Å². The van der Waals surface area contributed by atoms with Gasteiger partial charge < -0.3 is 9.80 Å². The zero-order valence-electron chi connectivity index (χ0n) is 14.0. The number of hydrogen-bond acceptors (Lipinski definition) is 6. The first-order valence-electron chi connectivity index (χ1n) is 7.47. The van der Waals surface area contributed by atoms with Gasteiger partial charge in [0.25, 0.3) is 0 Å². The van der Waals surface area contributed by atoms with Crippen molar-refractivity contribution in [2.24, 2.45) is 0 Å². The molecule has 0 aromatic heterocycles. The molecule has 1 rings (SSSR count). The van der Waals surface area contributed by atoms with Gasteiger partial charge in [-0.2, -0.15) is 0 Å². The van der Waals surface area contributed by atoms with E-state index in [1.165, 1.54) is 9.80 Å². The SMILES string of the molecule is C=C(C)C(=O)SCCN1CCN(CCSC(=O)C(=C)C)C(=O)C1=O. The van der Waals surface area contributed by atoms with Crippen molar-refractivity contribution >= 4 is 45.6 Å². The Labute approximate surface area is 150 Å². The molecule has 6 nitrogen and oxygen atoms in total. The summed E-state index contributed by atoms with van der Waals surface area (Å²) in [5.74, 6) is -0.233. The highest BCUT2D eigenvalue weighted by atomic mass is 32.2. The standard InChI is InChI=1S/C16H22N2O4S2/c1-11(2)15(21)23-9-7-17-5-6-18(14(20)13(17)19)8-10-24-16(22)12(3)4/h1,3,5-10H2,2,4H3. The maximum absolute atomic E-state index is 12.1. The third-order valence-corrected chi connectivity index (χ3v) is 5.28. The van der Waals surface area contributed by atoms with E-state index in [0.29, 0.717) is 48.8 Å². The second-order valence-electron chi connectivity index (χ2n) is 5.42. The molecule has 0 aromatic carbocycles. The summed E-state index contributed by atoms with van der Waals surface area (Å²) in [5, 5.41) is -0.210. The van der Waals surface area contributed by atoms with Gasteiger partial charge in [-0.05, 0) is 25.0 Å². The van der Waals surface area contributed by atoms with Crippen LogP contribution < -0.4 is 0 Å². The lowest BCUT2D eigenvalue weighted by molar-refractivity contribution is -0.155. The number of amides is 2. The van der Waals surface area contributed by atoms with Crippen LogP contribution in [0.15, 0.2) is 24.3 Å². The third-order valence-electron chi connectivity index (χ3n) is 3.28. The zero-order chi connectivity index (χ0) is 18.3. The summed E-state index contributed by atoms with van der Waals surface area (Å²) >= 11 is 2.19. The van der Waals surface area contributed by atoms with Crippen LogP contribution in [-0.4, -0.2) is 69.5 Å². The molecule has 0 radical (unpaired) electrons. The van der Waals surface area contributed by atoms with Crippen LogP contribution in [0.3, 0.4) is 0 Å². The quantitative estimate of drug-likeness (QED) is 0.474. The maximum Gasteiger partial charge on any atom is 0.312 e. The molecule has 2 amide bonds. The van der Waals surface area contributed by atoms with Crippen molar-refractivity contribution in [1.29, 1.82) is 0 Å². The molecule has 132 valence electrons. The molecule has 0 unspecified atom stereocenters. The van der Waals surface area contributed by atoms with E-state index in [9.17, 15) is 19.2 Å². The molecule has 0 aliphatic carbocycles. The summed E-state index contributed by atoms with van der Waals surface area (Å²) < 4.78 is 0. The zero-order valence-corrected chi connectivity index (χ0v) is 15.6. The Morgan fingerprint density at radius 2 is 1.21 bits per heavy atom. The summed E-state index contributed by atoms with van der Waals surface area (Å²) in [7, 11) is 0. The lowest BCUT2D eigenvalue weighted by Gasteiger charge is -2.33. The topological polar surface area (TPSA) is 74.8 Å². The van der Waals surface area contributed by atoms with Crippen LogP contribution in [0, 0.1) is 0 Å². The fourth-order valence-corrected chi connectivity index (χ4v) is 3.37. The van der Waals surface area contributed by atoms with Gasteiger partial charge in [0.05, 0.1) is 0 Å². The summed E-state index contributed by atoms with van der Waals surface area (Å²) in [4.78, 5) is 50.0. The Bertz CT molecular complexity index is 524. The highest BCUT2D eigenvalue weighted by molar-refractivity contribution is 8.14. The molecule has 1 aliphatic heterocycles. The molecule has 1 fully saturated rings. The molecule has 8 heteroatoms. The van der Waals surface area contributed by atoms with Gasteiger partial charge in [0.1, 0.15) is 0 Å². The minimum Gasteiger partial charge on any atom is -0.332 e. The third kappa shape index (κ3) is 6.16. The average Bonchev–Trinajstić information content (AvgIpc) is 2.52. The van der Waals surface area contributed by atoms with Crippen LogP contribution in [-0.2, 0) is 19.2 Å². The van der Waals surface area contributed by atoms with Crippen LogP contribution in [0.2, 0.25) is 0 Å². The molecule has 24 heavy (non-hydrogen) atoms.